The Morgan fingerprint density at radius 3 is 2.47 bits per heavy atom. The van der Waals surface area contributed by atoms with Crippen molar-refractivity contribution in [1.29, 1.82) is 0 Å². The van der Waals surface area contributed by atoms with E-state index in [2.05, 4.69) is 79.6 Å². The van der Waals surface area contributed by atoms with Gasteiger partial charge in [0.25, 0.3) is 0 Å². The van der Waals surface area contributed by atoms with Gasteiger partial charge >= 0.3 is 0 Å². The maximum Gasteiger partial charge on any atom is 0.0535 e. The molecule has 0 aliphatic heterocycles. The molecule has 3 rings (SSSR count). The number of hydrogen-bond donors (Lipinski definition) is 1. The van der Waals surface area contributed by atoms with Gasteiger partial charge in [-0.25, -0.2) is 0 Å². The number of halogens is 2. The molecule has 0 aliphatic carbocycles. The van der Waals surface area contributed by atoms with Gasteiger partial charge < -0.3 is 5.32 Å². The number of fused-ring (bicyclic) bond motifs is 1. The van der Waals surface area contributed by atoms with Crippen LogP contribution >= 0.6 is 31.9 Å². The van der Waals surface area contributed by atoms with E-state index >= 15 is 0 Å². The highest BCUT2D eigenvalue weighted by Gasteiger charge is 2.05. The zero-order valence-electron chi connectivity index (χ0n) is 10.0. The van der Waals surface area contributed by atoms with Crippen LogP contribution in [-0.4, -0.2) is 0 Å². The Morgan fingerprint density at radius 1 is 0.789 bits per heavy atom. The lowest BCUT2D eigenvalue weighted by molar-refractivity contribution is 1.53. The van der Waals surface area contributed by atoms with Gasteiger partial charge in [-0.1, -0.05) is 52.3 Å². The molecule has 0 saturated heterocycles. The summed E-state index contributed by atoms with van der Waals surface area (Å²) in [5, 5.41) is 5.87. The number of nitrogens with one attached hydrogen (secondary N) is 1. The van der Waals surface area contributed by atoms with Crippen molar-refractivity contribution >= 4 is 54.0 Å². The first-order valence-electron chi connectivity index (χ1n) is 5.94. The van der Waals surface area contributed by atoms with Crippen LogP contribution in [0.25, 0.3) is 10.8 Å². The lowest BCUT2D eigenvalue weighted by Crippen LogP contribution is -1.91. The summed E-state index contributed by atoms with van der Waals surface area (Å²) in [7, 11) is 0. The van der Waals surface area contributed by atoms with E-state index in [0.717, 1.165) is 20.3 Å². The Morgan fingerprint density at radius 2 is 1.63 bits per heavy atom. The Kier molecular flexibility index (Phi) is 3.58. The summed E-state index contributed by atoms with van der Waals surface area (Å²) < 4.78 is 2.15. The van der Waals surface area contributed by atoms with Crippen LogP contribution in [0.5, 0.6) is 0 Å². The molecule has 0 amide bonds. The van der Waals surface area contributed by atoms with Crippen LogP contribution in [0.15, 0.2) is 69.6 Å². The lowest BCUT2D eigenvalue weighted by Gasteiger charge is -2.11. The molecule has 1 nitrogen and oxygen atoms in total. The Hall–Kier alpha value is -1.32. The van der Waals surface area contributed by atoms with E-state index in [0.29, 0.717) is 0 Å². The fourth-order valence-electron chi connectivity index (χ4n) is 2.05. The Labute approximate surface area is 128 Å². The quantitative estimate of drug-likeness (QED) is 0.569. The largest absolute Gasteiger partial charge is 0.355 e. The average molecular weight is 377 g/mol. The molecule has 0 aliphatic rings. The smallest absolute Gasteiger partial charge is 0.0535 e. The van der Waals surface area contributed by atoms with Gasteiger partial charge in [0.15, 0.2) is 0 Å². The molecule has 3 heteroatoms. The molecule has 0 atom stereocenters. The molecule has 3 aromatic carbocycles. The number of hydrogen-bond acceptors (Lipinski definition) is 1. The molecular formula is C16H11Br2N. The minimum Gasteiger partial charge on any atom is -0.355 e. The van der Waals surface area contributed by atoms with E-state index in [1.54, 1.807) is 0 Å². The topological polar surface area (TPSA) is 12.0 Å². The van der Waals surface area contributed by atoms with Crippen molar-refractivity contribution < 1.29 is 0 Å². The summed E-state index contributed by atoms with van der Waals surface area (Å²) in [6.07, 6.45) is 0. The monoisotopic (exact) mass is 375 g/mol. The van der Waals surface area contributed by atoms with E-state index in [1.807, 2.05) is 18.2 Å². The third-order valence-electron chi connectivity index (χ3n) is 2.97. The van der Waals surface area contributed by atoms with Crippen molar-refractivity contribution in [3.05, 3.63) is 69.6 Å². The SMILES string of the molecule is Brc1cccc(Nc2ccc3ccccc3c2Br)c1. The zero-order chi connectivity index (χ0) is 13.2. The van der Waals surface area contributed by atoms with Crippen LogP contribution in [0.3, 0.4) is 0 Å². The van der Waals surface area contributed by atoms with Crippen LogP contribution in [0.4, 0.5) is 11.4 Å². The first-order valence-corrected chi connectivity index (χ1v) is 7.52. The first kappa shape index (κ1) is 12.7. The van der Waals surface area contributed by atoms with E-state index in [1.165, 1.54) is 10.8 Å². The predicted octanol–water partition coefficient (Wildman–Crippen LogP) is 6.11. The molecule has 0 aromatic heterocycles. The van der Waals surface area contributed by atoms with Gasteiger partial charge in [-0.2, -0.15) is 0 Å². The summed E-state index contributed by atoms with van der Waals surface area (Å²) in [6.45, 7) is 0. The normalized spacial score (nSPS) is 10.6. The fraction of sp³-hybridized carbons (Fsp3) is 0. The molecule has 0 saturated carbocycles. The van der Waals surface area contributed by atoms with E-state index in [4.69, 9.17) is 0 Å². The molecule has 0 bridgehead atoms. The number of rotatable bonds is 2. The molecule has 0 heterocycles. The van der Waals surface area contributed by atoms with Crippen molar-refractivity contribution in [3.8, 4) is 0 Å². The van der Waals surface area contributed by atoms with Gasteiger partial charge in [-0.05, 0) is 51.0 Å². The van der Waals surface area contributed by atoms with Crippen molar-refractivity contribution in [3.63, 3.8) is 0 Å². The van der Waals surface area contributed by atoms with Crippen molar-refractivity contribution in [2.45, 2.75) is 0 Å². The van der Waals surface area contributed by atoms with Gasteiger partial charge in [0.2, 0.25) is 0 Å². The van der Waals surface area contributed by atoms with Crippen LogP contribution in [0.1, 0.15) is 0 Å². The second-order valence-electron chi connectivity index (χ2n) is 4.28. The van der Waals surface area contributed by atoms with Gasteiger partial charge in [0.1, 0.15) is 0 Å². The summed E-state index contributed by atoms with van der Waals surface area (Å²) in [5.41, 5.74) is 2.13. The van der Waals surface area contributed by atoms with Gasteiger partial charge in [0, 0.05) is 14.6 Å². The molecule has 0 radical (unpaired) electrons. The molecular weight excluding hydrogens is 366 g/mol. The molecule has 3 aromatic rings. The predicted molar refractivity (Wildman–Crippen MR) is 89.1 cm³/mol. The van der Waals surface area contributed by atoms with Crippen LogP contribution in [0, 0.1) is 0 Å². The second kappa shape index (κ2) is 5.35. The minimum atomic E-state index is 1.06. The highest BCUT2D eigenvalue weighted by atomic mass is 79.9. The van der Waals surface area contributed by atoms with E-state index in [-0.39, 0.29) is 0 Å². The highest BCUT2D eigenvalue weighted by Crippen LogP contribution is 2.33. The van der Waals surface area contributed by atoms with Gasteiger partial charge in [0.05, 0.1) is 5.69 Å². The molecule has 19 heavy (non-hydrogen) atoms. The lowest BCUT2D eigenvalue weighted by atomic mass is 10.1. The molecule has 0 fully saturated rings. The molecule has 94 valence electrons. The number of anilines is 2. The zero-order valence-corrected chi connectivity index (χ0v) is 13.2. The molecule has 0 spiro atoms. The van der Waals surface area contributed by atoms with Crippen LogP contribution in [0.2, 0.25) is 0 Å². The second-order valence-corrected chi connectivity index (χ2v) is 5.99. The summed E-state index contributed by atoms with van der Waals surface area (Å²) >= 11 is 7.17. The Bertz CT molecular complexity index is 738. The van der Waals surface area contributed by atoms with Crippen LogP contribution in [-0.2, 0) is 0 Å². The van der Waals surface area contributed by atoms with Crippen LogP contribution < -0.4 is 5.32 Å². The first-order chi connectivity index (χ1) is 9.24. The highest BCUT2D eigenvalue weighted by molar-refractivity contribution is 9.11. The number of benzene rings is 3. The van der Waals surface area contributed by atoms with Crippen molar-refractivity contribution in [2.75, 3.05) is 5.32 Å². The van der Waals surface area contributed by atoms with Crippen molar-refractivity contribution in [2.24, 2.45) is 0 Å². The summed E-state index contributed by atoms with van der Waals surface area (Å²) in [4.78, 5) is 0. The van der Waals surface area contributed by atoms with Gasteiger partial charge in [-0.3, -0.25) is 0 Å². The third kappa shape index (κ3) is 2.67. The third-order valence-corrected chi connectivity index (χ3v) is 4.31. The maximum atomic E-state index is 3.68. The minimum absolute atomic E-state index is 1.06. The van der Waals surface area contributed by atoms with E-state index in [9.17, 15) is 0 Å². The Balaban J connectivity index is 2.04. The van der Waals surface area contributed by atoms with Gasteiger partial charge in [-0.15, -0.1) is 0 Å². The molecule has 1 N–H and O–H groups in total. The average Bonchev–Trinajstić information content (AvgIpc) is 2.42. The summed E-state index contributed by atoms with van der Waals surface area (Å²) in [5.74, 6) is 0. The van der Waals surface area contributed by atoms with Crippen molar-refractivity contribution in [1.82, 2.24) is 0 Å². The standard InChI is InChI=1S/C16H11Br2N/c17-12-5-3-6-13(10-12)19-15-9-8-11-4-1-2-7-14(11)16(15)18/h1-10,19H. The van der Waals surface area contributed by atoms with E-state index < -0.39 is 0 Å². The molecule has 0 unspecified atom stereocenters. The maximum absolute atomic E-state index is 3.68. The fourth-order valence-corrected chi connectivity index (χ4v) is 3.04. The summed E-state index contributed by atoms with van der Waals surface area (Å²) in [6, 6.07) is 20.7.